The lowest BCUT2D eigenvalue weighted by Crippen LogP contribution is -2.33. The number of rotatable bonds is 4. The molecule has 1 fully saturated rings. The third-order valence-corrected chi connectivity index (χ3v) is 4.08. The van der Waals surface area contributed by atoms with E-state index in [1.165, 1.54) is 24.1 Å². The molecule has 100 valence electrons. The molecule has 2 heteroatoms. The van der Waals surface area contributed by atoms with Crippen LogP contribution in [0.2, 0.25) is 0 Å². The summed E-state index contributed by atoms with van der Waals surface area (Å²) >= 11 is 0. The molecule has 1 aliphatic rings. The number of anilines is 1. The molecule has 1 aromatic carbocycles. The second-order valence-electron chi connectivity index (χ2n) is 5.69. The lowest BCUT2D eigenvalue weighted by Gasteiger charge is -2.33. The number of piperidine rings is 1. The Morgan fingerprint density at radius 2 is 1.78 bits per heavy atom. The van der Waals surface area contributed by atoms with Crippen LogP contribution < -0.4 is 4.90 Å². The first kappa shape index (κ1) is 13.4. The van der Waals surface area contributed by atoms with Gasteiger partial charge in [0.15, 0.2) is 0 Å². The lowest BCUT2D eigenvalue weighted by molar-refractivity contribution is 0.240. The molecule has 2 nitrogen and oxygen atoms in total. The average Bonchev–Trinajstić information content (AvgIpc) is 2.40. The third-order valence-electron chi connectivity index (χ3n) is 4.08. The molecule has 1 heterocycles. The molecule has 0 atom stereocenters. The standard InChI is InChI=1S/C16H25NO/c1-13(2)15-3-5-16(6-4-15)17-10-7-14(8-11-17)9-12-18/h3-6,13-14,18H,7-12H2,1-2H3. The Labute approximate surface area is 111 Å². The SMILES string of the molecule is CC(C)c1ccc(N2CCC(CCO)CC2)cc1. The molecule has 0 saturated carbocycles. The van der Waals surface area contributed by atoms with Crippen LogP contribution in [0, 0.1) is 5.92 Å². The van der Waals surface area contributed by atoms with E-state index >= 15 is 0 Å². The van der Waals surface area contributed by atoms with Gasteiger partial charge in [-0.3, -0.25) is 0 Å². The van der Waals surface area contributed by atoms with Crippen molar-refractivity contribution in [3.8, 4) is 0 Å². The first-order chi connectivity index (χ1) is 8.70. The van der Waals surface area contributed by atoms with Crippen molar-refractivity contribution in [2.75, 3.05) is 24.6 Å². The van der Waals surface area contributed by atoms with Crippen LogP contribution in [-0.4, -0.2) is 24.8 Å². The van der Waals surface area contributed by atoms with Gasteiger partial charge < -0.3 is 10.0 Å². The molecule has 0 aromatic heterocycles. The Bertz CT molecular complexity index is 350. The molecule has 0 radical (unpaired) electrons. The smallest absolute Gasteiger partial charge is 0.0433 e. The number of aliphatic hydroxyl groups excluding tert-OH is 1. The summed E-state index contributed by atoms with van der Waals surface area (Å²) in [6, 6.07) is 9.00. The predicted octanol–water partition coefficient (Wildman–Crippen LogP) is 3.41. The molecule has 0 aliphatic carbocycles. The van der Waals surface area contributed by atoms with Crippen molar-refractivity contribution in [1.82, 2.24) is 0 Å². The van der Waals surface area contributed by atoms with E-state index in [4.69, 9.17) is 5.11 Å². The van der Waals surface area contributed by atoms with E-state index in [9.17, 15) is 0 Å². The van der Waals surface area contributed by atoms with Crippen LogP contribution in [-0.2, 0) is 0 Å². The predicted molar refractivity (Wildman–Crippen MR) is 77.2 cm³/mol. The minimum Gasteiger partial charge on any atom is -0.396 e. The first-order valence-corrected chi connectivity index (χ1v) is 7.16. The number of hydrogen-bond donors (Lipinski definition) is 1. The Kier molecular flexibility index (Phi) is 4.65. The lowest BCUT2D eigenvalue weighted by atomic mass is 9.93. The van der Waals surface area contributed by atoms with Crippen molar-refractivity contribution in [3.05, 3.63) is 29.8 Å². The van der Waals surface area contributed by atoms with Gasteiger partial charge in [-0.1, -0.05) is 26.0 Å². The number of benzene rings is 1. The van der Waals surface area contributed by atoms with Gasteiger partial charge in [0.2, 0.25) is 0 Å². The van der Waals surface area contributed by atoms with Crippen molar-refractivity contribution >= 4 is 5.69 Å². The fourth-order valence-corrected chi connectivity index (χ4v) is 2.73. The molecule has 2 rings (SSSR count). The van der Waals surface area contributed by atoms with Gasteiger partial charge in [-0.2, -0.15) is 0 Å². The van der Waals surface area contributed by atoms with Gasteiger partial charge in [0.05, 0.1) is 0 Å². The molecule has 1 aliphatic heterocycles. The zero-order chi connectivity index (χ0) is 13.0. The molecular weight excluding hydrogens is 222 g/mol. The van der Waals surface area contributed by atoms with E-state index in [-0.39, 0.29) is 0 Å². The van der Waals surface area contributed by atoms with Crippen molar-refractivity contribution in [1.29, 1.82) is 0 Å². The number of nitrogens with zero attached hydrogens (tertiary/aromatic N) is 1. The van der Waals surface area contributed by atoms with E-state index in [2.05, 4.69) is 43.0 Å². The Morgan fingerprint density at radius 1 is 1.17 bits per heavy atom. The van der Waals surface area contributed by atoms with Gasteiger partial charge in [0.1, 0.15) is 0 Å². The van der Waals surface area contributed by atoms with Crippen molar-refractivity contribution in [2.45, 2.75) is 39.0 Å². The highest BCUT2D eigenvalue weighted by Crippen LogP contribution is 2.26. The fourth-order valence-electron chi connectivity index (χ4n) is 2.73. The Morgan fingerprint density at radius 3 is 2.28 bits per heavy atom. The molecule has 18 heavy (non-hydrogen) atoms. The van der Waals surface area contributed by atoms with E-state index < -0.39 is 0 Å². The highest BCUT2D eigenvalue weighted by Gasteiger charge is 2.18. The summed E-state index contributed by atoms with van der Waals surface area (Å²) in [5.41, 5.74) is 2.76. The van der Waals surface area contributed by atoms with Gasteiger partial charge in [0, 0.05) is 25.4 Å². The summed E-state index contributed by atoms with van der Waals surface area (Å²) in [6.45, 7) is 7.07. The summed E-state index contributed by atoms with van der Waals surface area (Å²) in [5, 5.41) is 8.97. The van der Waals surface area contributed by atoms with Crippen molar-refractivity contribution in [2.24, 2.45) is 5.92 Å². The summed E-state index contributed by atoms with van der Waals surface area (Å²) in [7, 11) is 0. The third kappa shape index (κ3) is 3.26. The van der Waals surface area contributed by atoms with Gasteiger partial charge in [-0.25, -0.2) is 0 Å². The summed E-state index contributed by atoms with van der Waals surface area (Å²) < 4.78 is 0. The largest absolute Gasteiger partial charge is 0.396 e. The van der Waals surface area contributed by atoms with Crippen LogP contribution in [0.1, 0.15) is 44.6 Å². The van der Waals surface area contributed by atoms with E-state index in [0.717, 1.165) is 25.4 Å². The second-order valence-corrected chi connectivity index (χ2v) is 5.69. The monoisotopic (exact) mass is 247 g/mol. The quantitative estimate of drug-likeness (QED) is 0.881. The first-order valence-electron chi connectivity index (χ1n) is 7.16. The molecule has 0 spiro atoms. The summed E-state index contributed by atoms with van der Waals surface area (Å²) in [4.78, 5) is 2.47. The van der Waals surface area contributed by atoms with Gasteiger partial charge in [-0.05, 0) is 48.8 Å². The van der Waals surface area contributed by atoms with Crippen LogP contribution >= 0.6 is 0 Å². The van der Waals surface area contributed by atoms with Crippen LogP contribution in [0.25, 0.3) is 0 Å². The van der Waals surface area contributed by atoms with Crippen LogP contribution in [0.3, 0.4) is 0 Å². The van der Waals surface area contributed by atoms with Crippen molar-refractivity contribution < 1.29 is 5.11 Å². The summed E-state index contributed by atoms with van der Waals surface area (Å²) in [5.74, 6) is 1.33. The van der Waals surface area contributed by atoms with E-state index in [1.807, 2.05) is 0 Å². The molecule has 0 amide bonds. The molecule has 1 saturated heterocycles. The van der Waals surface area contributed by atoms with E-state index in [0.29, 0.717) is 12.5 Å². The maximum absolute atomic E-state index is 8.97. The highest BCUT2D eigenvalue weighted by atomic mass is 16.3. The molecule has 0 bridgehead atoms. The maximum atomic E-state index is 8.97. The van der Waals surface area contributed by atoms with E-state index in [1.54, 1.807) is 0 Å². The van der Waals surface area contributed by atoms with Crippen LogP contribution in [0.4, 0.5) is 5.69 Å². The van der Waals surface area contributed by atoms with Gasteiger partial charge in [0.25, 0.3) is 0 Å². The Hall–Kier alpha value is -1.02. The fraction of sp³-hybridized carbons (Fsp3) is 0.625. The van der Waals surface area contributed by atoms with Crippen LogP contribution in [0.15, 0.2) is 24.3 Å². The van der Waals surface area contributed by atoms with Crippen LogP contribution in [0.5, 0.6) is 0 Å². The molecular formula is C16H25NO. The topological polar surface area (TPSA) is 23.5 Å². The average molecular weight is 247 g/mol. The zero-order valence-electron chi connectivity index (χ0n) is 11.6. The summed E-state index contributed by atoms with van der Waals surface area (Å²) in [6.07, 6.45) is 3.40. The van der Waals surface area contributed by atoms with Gasteiger partial charge >= 0.3 is 0 Å². The second kappa shape index (κ2) is 6.24. The van der Waals surface area contributed by atoms with Gasteiger partial charge in [-0.15, -0.1) is 0 Å². The molecule has 1 aromatic rings. The normalized spacial score (nSPS) is 17.4. The minimum atomic E-state index is 0.341. The highest BCUT2D eigenvalue weighted by molar-refractivity contribution is 5.48. The molecule has 1 N–H and O–H groups in total. The maximum Gasteiger partial charge on any atom is 0.0433 e. The van der Waals surface area contributed by atoms with Crippen molar-refractivity contribution in [3.63, 3.8) is 0 Å². The molecule has 0 unspecified atom stereocenters. The minimum absolute atomic E-state index is 0.341. The number of aliphatic hydroxyl groups is 1. The zero-order valence-corrected chi connectivity index (χ0v) is 11.6. The number of hydrogen-bond acceptors (Lipinski definition) is 2. The Balaban J connectivity index is 1.93.